The molecule has 0 aliphatic heterocycles. The monoisotopic (exact) mass is 396 g/mol. The van der Waals surface area contributed by atoms with Crippen LogP contribution in [0.3, 0.4) is 0 Å². The number of carbonyl (C=O) groups excluding carboxylic acids is 1. The second-order valence-electron chi connectivity index (χ2n) is 5.54. The van der Waals surface area contributed by atoms with Crippen LogP contribution in [0.4, 0.5) is 0 Å². The van der Waals surface area contributed by atoms with Gasteiger partial charge in [-0.3, -0.25) is 4.79 Å². The Hall–Kier alpha value is -2.81. The van der Waals surface area contributed by atoms with Gasteiger partial charge in [-0.2, -0.15) is 4.99 Å². The van der Waals surface area contributed by atoms with Gasteiger partial charge in [0, 0.05) is 11.1 Å². The Morgan fingerprint density at radius 2 is 2.19 bits per heavy atom. The Bertz CT molecular complexity index is 1120. The number of hydrogen-bond acceptors (Lipinski definition) is 3. The van der Waals surface area contributed by atoms with E-state index in [1.807, 2.05) is 47.9 Å². The molecule has 0 aliphatic carbocycles. The van der Waals surface area contributed by atoms with E-state index in [9.17, 15) is 4.79 Å². The standard InChI is InChI=1S/C21H17ClN2O2S/c1-3-13-24-18-11-10-16(26-4-2)14-19(18)27-21(24)23-20(25)12-9-15-7-5-6-8-17(15)22/h1,5-12,14H,4,13H2,2H3/b12-9+,23-21?. The molecule has 0 saturated carbocycles. The number of rotatable bonds is 5. The Kier molecular flexibility index (Phi) is 6.12. The Balaban J connectivity index is 1.98. The second kappa shape index (κ2) is 8.72. The fourth-order valence-electron chi connectivity index (χ4n) is 2.54. The van der Waals surface area contributed by atoms with Crippen LogP contribution < -0.4 is 9.54 Å². The summed E-state index contributed by atoms with van der Waals surface area (Å²) in [6.07, 6.45) is 8.55. The van der Waals surface area contributed by atoms with Crippen molar-refractivity contribution in [3.05, 3.63) is 63.9 Å². The molecule has 6 heteroatoms. The molecule has 0 fully saturated rings. The number of carbonyl (C=O) groups is 1. The molecule has 0 N–H and O–H groups in total. The van der Waals surface area contributed by atoms with Gasteiger partial charge in [-0.1, -0.05) is 47.1 Å². The van der Waals surface area contributed by atoms with Gasteiger partial charge in [0.2, 0.25) is 0 Å². The summed E-state index contributed by atoms with van der Waals surface area (Å²) in [7, 11) is 0. The lowest BCUT2D eigenvalue weighted by Gasteiger charge is -2.03. The van der Waals surface area contributed by atoms with Crippen molar-refractivity contribution in [3.63, 3.8) is 0 Å². The molecule has 0 atom stereocenters. The van der Waals surface area contributed by atoms with E-state index < -0.39 is 0 Å². The molecule has 0 bridgehead atoms. The average molecular weight is 397 g/mol. The number of benzene rings is 2. The summed E-state index contributed by atoms with van der Waals surface area (Å²) in [4.78, 5) is 17.1. The summed E-state index contributed by atoms with van der Waals surface area (Å²) >= 11 is 7.50. The maximum absolute atomic E-state index is 12.3. The number of amides is 1. The van der Waals surface area contributed by atoms with E-state index >= 15 is 0 Å². The Morgan fingerprint density at radius 3 is 2.93 bits per heavy atom. The number of ether oxygens (including phenoxy) is 1. The number of hydrogen-bond donors (Lipinski definition) is 0. The quantitative estimate of drug-likeness (QED) is 0.469. The molecule has 4 nitrogen and oxygen atoms in total. The molecule has 0 aliphatic rings. The zero-order chi connectivity index (χ0) is 19.2. The van der Waals surface area contributed by atoms with E-state index in [2.05, 4.69) is 10.9 Å². The minimum atomic E-state index is -0.378. The van der Waals surface area contributed by atoms with Crippen LogP contribution in [-0.2, 0) is 11.3 Å². The summed E-state index contributed by atoms with van der Waals surface area (Å²) in [6.45, 7) is 2.85. The maximum Gasteiger partial charge on any atom is 0.272 e. The number of aromatic nitrogens is 1. The van der Waals surface area contributed by atoms with E-state index in [1.54, 1.807) is 12.1 Å². The highest BCUT2D eigenvalue weighted by Gasteiger charge is 2.08. The molecule has 0 saturated heterocycles. The largest absolute Gasteiger partial charge is 0.494 e. The SMILES string of the molecule is C#CCn1c(=NC(=O)/C=C/c2ccccc2Cl)sc2cc(OCC)ccc21. The lowest BCUT2D eigenvalue weighted by molar-refractivity contribution is -0.113. The van der Waals surface area contributed by atoms with Crippen molar-refractivity contribution >= 4 is 45.1 Å². The summed E-state index contributed by atoms with van der Waals surface area (Å²) in [5.74, 6) is 3.01. The Morgan fingerprint density at radius 1 is 1.37 bits per heavy atom. The molecule has 2 aromatic carbocycles. The number of halogens is 1. The predicted molar refractivity (Wildman–Crippen MR) is 111 cm³/mol. The first-order chi connectivity index (χ1) is 13.1. The molecule has 3 aromatic rings. The smallest absolute Gasteiger partial charge is 0.272 e. The molecular weight excluding hydrogens is 380 g/mol. The van der Waals surface area contributed by atoms with Crippen LogP contribution >= 0.6 is 22.9 Å². The van der Waals surface area contributed by atoms with Gasteiger partial charge in [-0.05, 0) is 42.8 Å². The predicted octanol–water partition coefficient (Wildman–Crippen LogP) is 4.53. The highest BCUT2D eigenvalue weighted by atomic mass is 35.5. The van der Waals surface area contributed by atoms with Gasteiger partial charge in [0.25, 0.3) is 5.91 Å². The zero-order valence-electron chi connectivity index (χ0n) is 14.7. The van der Waals surface area contributed by atoms with Crippen LogP contribution in [0.1, 0.15) is 12.5 Å². The Labute approximate surface area is 166 Å². The minimum absolute atomic E-state index is 0.328. The maximum atomic E-state index is 12.3. The van der Waals surface area contributed by atoms with Gasteiger partial charge in [0.05, 0.1) is 23.4 Å². The molecule has 1 amide bonds. The van der Waals surface area contributed by atoms with Crippen molar-refractivity contribution in [1.29, 1.82) is 0 Å². The van der Waals surface area contributed by atoms with E-state index in [-0.39, 0.29) is 5.91 Å². The van der Waals surface area contributed by atoms with E-state index in [0.717, 1.165) is 21.5 Å². The number of terminal acetylenes is 1. The third-order valence-corrected chi connectivity index (χ3v) is 5.12. The van der Waals surface area contributed by atoms with E-state index in [1.165, 1.54) is 17.4 Å². The molecule has 0 radical (unpaired) electrons. The van der Waals surface area contributed by atoms with Crippen molar-refractivity contribution in [2.75, 3.05) is 6.61 Å². The summed E-state index contributed by atoms with van der Waals surface area (Å²) in [5, 5.41) is 0.578. The lowest BCUT2D eigenvalue weighted by atomic mass is 10.2. The fourth-order valence-corrected chi connectivity index (χ4v) is 3.80. The molecule has 0 spiro atoms. The molecule has 27 heavy (non-hydrogen) atoms. The molecule has 1 heterocycles. The van der Waals surface area contributed by atoms with Gasteiger partial charge < -0.3 is 9.30 Å². The number of nitrogens with zero attached hydrogens (tertiary/aromatic N) is 2. The van der Waals surface area contributed by atoms with Crippen molar-refractivity contribution in [1.82, 2.24) is 4.57 Å². The van der Waals surface area contributed by atoms with Crippen molar-refractivity contribution in [2.24, 2.45) is 4.99 Å². The van der Waals surface area contributed by atoms with Crippen LogP contribution in [0.5, 0.6) is 5.75 Å². The summed E-state index contributed by atoms with van der Waals surface area (Å²) in [5.41, 5.74) is 1.68. The number of thiazole rings is 1. The van der Waals surface area contributed by atoms with Crippen LogP contribution in [-0.4, -0.2) is 17.1 Å². The van der Waals surface area contributed by atoms with Gasteiger partial charge in [-0.25, -0.2) is 0 Å². The van der Waals surface area contributed by atoms with Gasteiger partial charge in [0.1, 0.15) is 5.75 Å². The normalized spacial score (nSPS) is 11.8. The molecule has 1 aromatic heterocycles. The summed E-state index contributed by atoms with van der Waals surface area (Å²) in [6, 6.07) is 13.0. The molecule has 136 valence electrons. The molecular formula is C21H17ClN2O2S. The van der Waals surface area contributed by atoms with Crippen molar-refractivity contribution in [3.8, 4) is 18.1 Å². The van der Waals surface area contributed by atoms with Crippen LogP contribution in [0.2, 0.25) is 5.02 Å². The van der Waals surface area contributed by atoms with Gasteiger partial charge in [-0.15, -0.1) is 6.42 Å². The third kappa shape index (κ3) is 4.48. The number of fused-ring (bicyclic) bond motifs is 1. The fraction of sp³-hybridized carbons (Fsp3) is 0.143. The van der Waals surface area contributed by atoms with Crippen molar-refractivity contribution < 1.29 is 9.53 Å². The first-order valence-corrected chi connectivity index (χ1v) is 9.52. The molecule has 0 unspecified atom stereocenters. The highest BCUT2D eigenvalue weighted by molar-refractivity contribution is 7.16. The van der Waals surface area contributed by atoms with Crippen LogP contribution in [0, 0.1) is 12.3 Å². The topological polar surface area (TPSA) is 43.6 Å². The minimum Gasteiger partial charge on any atom is -0.494 e. The lowest BCUT2D eigenvalue weighted by Crippen LogP contribution is -2.15. The van der Waals surface area contributed by atoms with Crippen LogP contribution in [0.15, 0.2) is 53.5 Å². The second-order valence-corrected chi connectivity index (χ2v) is 6.96. The van der Waals surface area contributed by atoms with E-state index in [0.29, 0.717) is 23.0 Å². The van der Waals surface area contributed by atoms with Gasteiger partial charge >= 0.3 is 0 Å². The first-order valence-electron chi connectivity index (χ1n) is 8.33. The zero-order valence-corrected chi connectivity index (χ0v) is 16.3. The first kappa shape index (κ1) is 19.0. The molecule has 3 rings (SSSR count). The highest BCUT2D eigenvalue weighted by Crippen LogP contribution is 2.23. The van der Waals surface area contributed by atoms with Gasteiger partial charge in [0.15, 0.2) is 4.80 Å². The van der Waals surface area contributed by atoms with Crippen LogP contribution in [0.25, 0.3) is 16.3 Å². The third-order valence-electron chi connectivity index (χ3n) is 3.73. The average Bonchev–Trinajstić information content (AvgIpc) is 2.98. The summed E-state index contributed by atoms with van der Waals surface area (Å²) < 4.78 is 8.34. The van der Waals surface area contributed by atoms with E-state index in [4.69, 9.17) is 22.8 Å². The van der Waals surface area contributed by atoms with Crippen molar-refractivity contribution in [2.45, 2.75) is 13.5 Å².